The van der Waals surface area contributed by atoms with Crippen LogP contribution in [0.25, 0.3) is 0 Å². The molecule has 0 fully saturated rings. The molecule has 0 aromatic carbocycles. The van der Waals surface area contributed by atoms with Gasteiger partial charge in [-0.15, -0.1) is 0 Å². The average molecular weight is 226 g/mol. The van der Waals surface area contributed by atoms with Gasteiger partial charge in [0.15, 0.2) is 0 Å². The molecule has 0 rings (SSSR count). The maximum Gasteiger partial charge on any atom is 0.330 e. The van der Waals surface area contributed by atoms with Gasteiger partial charge < -0.3 is 9.84 Å². The fraction of sp³-hybridized carbons (Fsp3) is 0.615. The van der Waals surface area contributed by atoms with E-state index in [2.05, 4.69) is 0 Å². The van der Waals surface area contributed by atoms with Crippen molar-refractivity contribution in [2.75, 3.05) is 6.61 Å². The van der Waals surface area contributed by atoms with Gasteiger partial charge in [0.25, 0.3) is 0 Å². The van der Waals surface area contributed by atoms with E-state index in [1.165, 1.54) is 6.08 Å². The normalized spacial score (nSPS) is 15.5. The lowest BCUT2D eigenvalue weighted by molar-refractivity contribution is -0.139. The molecule has 0 aliphatic heterocycles. The Balaban J connectivity index is 3.66. The number of esters is 1. The van der Waals surface area contributed by atoms with E-state index in [1.54, 1.807) is 19.1 Å². The van der Waals surface area contributed by atoms with E-state index in [-0.39, 0.29) is 18.0 Å². The lowest BCUT2D eigenvalue weighted by Crippen LogP contribution is -2.12. The summed E-state index contributed by atoms with van der Waals surface area (Å²) >= 11 is 0. The Morgan fingerprint density at radius 3 is 2.56 bits per heavy atom. The van der Waals surface area contributed by atoms with Crippen LogP contribution in [0.3, 0.4) is 0 Å². The third-order valence-corrected chi connectivity index (χ3v) is 2.12. The van der Waals surface area contributed by atoms with Gasteiger partial charge in [0.05, 0.1) is 12.7 Å². The number of hydrogen-bond acceptors (Lipinski definition) is 3. The van der Waals surface area contributed by atoms with Crippen LogP contribution in [0.1, 0.15) is 33.6 Å². The molecule has 3 nitrogen and oxygen atoms in total. The van der Waals surface area contributed by atoms with Crippen LogP contribution in [0.4, 0.5) is 0 Å². The summed E-state index contributed by atoms with van der Waals surface area (Å²) in [6, 6.07) is 0. The highest BCUT2D eigenvalue weighted by molar-refractivity contribution is 5.82. The molecule has 0 aliphatic carbocycles. The van der Waals surface area contributed by atoms with E-state index in [1.807, 2.05) is 19.9 Å². The molecule has 92 valence electrons. The van der Waals surface area contributed by atoms with Crippen molar-refractivity contribution in [3.8, 4) is 0 Å². The Morgan fingerprint density at radius 2 is 2.00 bits per heavy atom. The molecule has 0 saturated heterocycles. The van der Waals surface area contributed by atoms with Crippen LogP contribution >= 0.6 is 0 Å². The largest absolute Gasteiger partial charge is 0.462 e. The molecule has 0 aliphatic rings. The number of rotatable bonds is 7. The molecule has 0 radical (unpaired) electrons. The number of aliphatic hydroxyl groups is 1. The van der Waals surface area contributed by atoms with Crippen molar-refractivity contribution in [1.82, 2.24) is 0 Å². The molecule has 0 aromatic heterocycles. The van der Waals surface area contributed by atoms with Crippen LogP contribution in [0, 0.1) is 5.92 Å². The standard InChI is InChI=1S/C13H22O3/c1-4-5-6-7-13(15)16-10-11(2)8-9-12(3)14/h4-7,11-12,14H,8-10H2,1-3H3/b5-4+,7-6+. The summed E-state index contributed by atoms with van der Waals surface area (Å²) in [4.78, 5) is 11.2. The molecule has 1 N–H and O–H groups in total. The molecule has 2 atom stereocenters. The van der Waals surface area contributed by atoms with Crippen molar-refractivity contribution in [3.63, 3.8) is 0 Å². The summed E-state index contributed by atoms with van der Waals surface area (Å²) in [5.74, 6) is -0.0318. The van der Waals surface area contributed by atoms with Crippen molar-refractivity contribution in [3.05, 3.63) is 24.3 Å². The average Bonchev–Trinajstić information content (AvgIpc) is 2.24. The summed E-state index contributed by atoms with van der Waals surface area (Å²) in [6.45, 7) is 6.06. The molecule has 2 unspecified atom stereocenters. The van der Waals surface area contributed by atoms with Gasteiger partial charge in [-0.3, -0.25) is 0 Å². The van der Waals surface area contributed by atoms with Crippen molar-refractivity contribution in [2.24, 2.45) is 5.92 Å². The van der Waals surface area contributed by atoms with Gasteiger partial charge in [0.1, 0.15) is 0 Å². The fourth-order valence-electron chi connectivity index (χ4n) is 1.13. The third kappa shape index (κ3) is 9.46. The number of carbonyl (C=O) groups is 1. The summed E-state index contributed by atoms with van der Waals surface area (Å²) in [5.41, 5.74) is 0. The highest BCUT2D eigenvalue weighted by Gasteiger charge is 2.06. The fourth-order valence-corrected chi connectivity index (χ4v) is 1.13. The lowest BCUT2D eigenvalue weighted by Gasteiger charge is -2.11. The number of allylic oxidation sites excluding steroid dienone is 3. The molecule has 0 bridgehead atoms. The zero-order valence-corrected chi connectivity index (χ0v) is 10.3. The minimum Gasteiger partial charge on any atom is -0.462 e. The maximum absolute atomic E-state index is 11.2. The van der Waals surface area contributed by atoms with Crippen LogP contribution in [0.5, 0.6) is 0 Å². The molecule has 3 heteroatoms. The summed E-state index contributed by atoms with van der Waals surface area (Å²) in [5, 5.41) is 9.10. The second-order valence-corrected chi connectivity index (χ2v) is 4.05. The van der Waals surface area contributed by atoms with Gasteiger partial charge in [-0.2, -0.15) is 0 Å². The van der Waals surface area contributed by atoms with E-state index in [0.29, 0.717) is 6.61 Å². The number of carbonyl (C=O) groups excluding carboxylic acids is 1. The first-order chi connectivity index (χ1) is 7.56. The van der Waals surface area contributed by atoms with Gasteiger partial charge >= 0.3 is 5.97 Å². The van der Waals surface area contributed by atoms with E-state index in [0.717, 1.165) is 12.8 Å². The highest BCUT2D eigenvalue weighted by Crippen LogP contribution is 2.08. The van der Waals surface area contributed by atoms with E-state index in [4.69, 9.17) is 9.84 Å². The van der Waals surface area contributed by atoms with E-state index < -0.39 is 0 Å². The molecular formula is C13H22O3. The minimum absolute atomic E-state index is 0.285. The Bertz CT molecular complexity index is 242. The zero-order valence-electron chi connectivity index (χ0n) is 10.3. The summed E-state index contributed by atoms with van der Waals surface area (Å²) in [6.07, 6.45) is 8.00. The number of hydrogen-bond donors (Lipinski definition) is 1. The Morgan fingerprint density at radius 1 is 1.31 bits per heavy atom. The molecule has 0 amide bonds. The Hall–Kier alpha value is -1.09. The topological polar surface area (TPSA) is 46.5 Å². The smallest absolute Gasteiger partial charge is 0.330 e. The molecule has 0 aromatic rings. The minimum atomic E-state index is -0.318. The van der Waals surface area contributed by atoms with Crippen LogP contribution in [-0.4, -0.2) is 23.8 Å². The molecule has 0 saturated carbocycles. The van der Waals surface area contributed by atoms with Crippen LogP contribution in [0.2, 0.25) is 0 Å². The van der Waals surface area contributed by atoms with Crippen LogP contribution in [-0.2, 0) is 9.53 Å². The first-order valence-corrected chi connectivity index (χ1v) is 5.70. The van der Waals surface area contributed by atoms with Gasteiger partial charge in [0.2, 0.25) is 0 Å². The van der Waals surface area contributed by atoms with Crippen LogP contribution < -0.4 is 0 Å². The molecule has 0 spiro atoms. The molecular weight excluding hydrogens is 204 g/mol. The monoisotopic (exact) mass is 226 g/mol. The van der Waals surface area contributed by atoms with E-state index in [9.17, 15) is 4.79 Å². The second kappa shape index (κ2) is 9.16. The summed E-state index contributed by atoms with van der Waals surface area (Å²) < 4.78 is 5.04. The Kier molecular flexibility index (Phi) is 8.53. The van der Waals surface area contributed by atoms with Crippen molar-refractivity contribution >= 4 is 5.97 Å². The number of ether oxygens (including phenoxy) is 1. The van der Waals surface area contributed by atoms with Crippen molar-refractivity contribution in [2.45, 2.75) is 39.7 Å². The van der Waals surface area contributed by atoms with Gasteiger partial charge in [0, 0.05) is 6.08 Å². The highest BCUT2D eigenvalue weighted by atomic mass is 16.5. The quantitative estimate of drug-likeness (QED) is 0.412. The Labute approximate surface area is 97.8 Å². The summed E-state index contributed by atoms with van der Waals surface area (Å²) in [7, 11) is 0. The van der Waals surface area contributed by atoms with Crippen molar-refractivity contribution in [1.29, 1.82) is 0 Å². The first-order valence-electron chi connectivity index (χ1n) is 5.70. The lowest BCUT2D eigenvalue weighted by atomic mass is 10.0. The van der Waals surface area contributed by atoms with Gasteiger partial charge in [-0.05, 0) is 32.6 Å². The zero-order chi connectivity index (χ0) is 12.4. The predicted molar refractivity (Wildman–Crippen MR) is 65.0 cm³/mol. The van der Waals surface area contributed by atoms with E-state index >= 15 is 0 Å². The second-order valence-electron chi connectivity index (χ2n) is 4.05. The molecule has 0 heterocycles. The maximum atomic E-state index is 11.2. The van der Waals surface area contributed by atoms with Gasteiger partial charge in [-0.1, -0.05) is 25.2 Å². The molecule has 16 heavy (non-hydrogen) atoms. The number of aliphatic hydroxyl groups excluding tert-OH is 1. The van der Waals surface area contributed by atoms with Crippen molar-refractivity contribution < 1.29 is 14.6 Å². The van der Waals surface area contributed by atoms with Gasteiger partial charge in [-0.25, -0.2) is 4.79 Å². The SMILES string of the molecule is C/C=C/C=C/C(=O)OCC(C)CCC(C)O. The van der Waals surface area contributed by atoms with Crippen LogP contribution in [0.15, 0.2) is 24.3 Å². The first kappa shape index (κ1) is 14.9. The predicted octanol–water partition coefficient (Wildman–Crippen LogP) is 2.46. The third-order valence-electron chi connectivity index (χ3n) is 2.12.